The van der Waals surface area contributed by atoms with E-state index >= 15 is 0 Å². The topological polar surface area (TPSA) is 75.7 Å². The first-order valence-electron chi connectivity index (χ1n) is 4.53. The van der Waals surface area contributed by atoms with E-state index in [0.717, 1.165) is 0 Å². The molecule has 0 unspecified atom stereocenters. The number of aromatic carboxylic acids is 1. The largest absolute Gasteiger partial charge is 0.545 e. The predicted octanol–water partition coefficient (Wildman–Crippen LogP) is -0.226. The second kappa shape index (κ2) is 5.16. The molecule has 5 heteroatoms. The van der Waals surface area contributed by atoms with Gasteiger partial charge in [0.15, 0.2) is 0 Å². The Labute approximate surface area is 92.6 Å². The number of carbonyl (C=O) groups is 2. The molecule has 0 aromatic heterocycles. The monoisotopic (exact) mass is 223 g/mol. The van der Waals surface area contributed by atoms with Crippen molar-refractivity contribution in [2.45, 2.75) is 6.42 Å². The fourth-order valence-corrected chi connectivity index (χ4v) is 1.25. The van der Waals surface area contributed by atoms with Crippen molar-refractivity contribution in [3.63, 3.8) is 0 Å². The molecule has 1 aromatic carbocycles. The van der Waals surface area contributed by atoms with Crippen LogP contribution >= 0.6 is 0 Å². The maximum Gasteiger partial charge on any atom is 0.310 e. The Morgan fingerprint density at radius 1 is 1.31 bits per heavy atom. The molecule has 0 aliphatic rings. The molecule has 86 valence electrons. The van der Waals surface area contributed by atoms with Gasteiger partial charge >= 0.3 is 5.97 Å². The molecule has 16 heavy (non-hydrogen) atoms. The van der Waals surface area contributed by atoms with Crippen molar-refractivity contribution in [3.05, 3.63) is 29.3 Å². The molecular weight excluding hydrogens is 212 g/mol. The Kier molecular flexibility index (Phi) is 3.88. The number of esters is 1. The molecular formula is C11H11O5-. The second-order valence-electron chi connectivity index (χ2n) is 3.06. The molecule has 0 fully saturated rings. The summed E-state index contributed by atoms with van der Waals surface area (Å²) in [4.78, 5) is 21.9. The zero-order chi connectivity index (χ0) is 12.1. The molecule has 1 aromatic rings. The van der Waals surface area contributed by atoms with Crippen molar-refractivity contribution in [1.82, 2.24) is 0 Å². The van der Waals surface area contributed by atoms with Gasteiger partial charge in [0.2, 0.25) is 0 Å². The summed E-state index contributed by atoms with van der Waals surface area (Å²) < 4.78 is 9.35. The normalized spacial score (nSPS) is 9.62. The van der Waals surface area contributed by atoms with E-state index in [9.17, 15) is 14.7 Å². The highest BCUT2D eigenvalue weighted by atomic mass is 16.5. The van der Waals surface area contributed by atoms with Gasteiger partial charge in [-0.15, -0.1) is 0 Å². The van der Waals surface area contributed by atoms with Gasteiger partial charge in [-0.1, -0.05) is 6.07 Å². The van der Waals surface area contributed by atoms with Crippen LogP contribution in [0.3, 0.4) is 0 Å². The summed E-state index contributed by atoms with van der Waals surface area (Å²) in [7, 11) is 2.67. The van der Waals surface area contributed by atoms with Gasteiger partial charge in [-0.3, -0.25) is 4.79 Å². The number of hydrogen-bond donors (Lipinski definition) is 0. The van der Waals surface area contributed by atoms with E-state index in [-0.39, 0.29) is 12.0 Å². The summed E-state index contributed by atoms with van der Waals surface area (Å²) in [6.07, 6.45) is -0.107. The summed E-state index contributed by atoms with van der Waals surface area (Å²) in [6.45, 7) is 0. The number of carbonyl (C=O) groups excluding carboxylic acids is 2. The van der Waals surface area contributed by atoms with Gasteiger partial charge in [0.25, 0.3) is 0 Å². The molecule has 0 amide bonds. The van der Waals surface area contributed by atoms with Gasteiger partial charge in [0.05, 0.1) is 26.6 Å². The Morgan fingerprint density at radius 3 is 2.50 bits per heavy atom. The number of ether oxygens (including phenoxy) is 2. The fraction of sp³-hybridized carbons (Fsp3) is 0.273. The number of carboxylic acids is 1. The Hall–Kier alpha value is -2.04. The quantitative estimate of drug-likeness (QED) is 0.659. The van der Waals surface area contributed by atoms with Gasteiger partial charge in [-0.25, -0.2) is 0 Å². The third kappa shape index (κ3) is 2.73. The van der Waals surface area contributed by atoms with Crippen molar-refractivity contribution in [2.75, 3.05) is 14.2 Å². The van der Waals surface area contributed by atoms with E-state index < -0.39 is 11.9 Å². The van der Waals surface area contributed by atoms with Crippen LogP contribution in [0.1, 0.15) is 15.9 Å². The summed E-state index contributed by atoms with van der Waals surface area (Å²) in [5, 5.41) is 10.8. The summed E-state index contributed by atoms with van der Waals surface area (Å²) in [5.41, 5.74) is 0.275. The highest BCUT2D eigenvalue weighted by Crippen LogP contribution is 2.18. The van der Waals surface area contributed by atoms with Crippen LogP contribution in [0.5, 0.6) is 5.75 Å². The minimum Gasteiger partial charge on any atom is -0.545 e. The van der Waals surface area contributed by atoms with Gasteiger partial charge in [0, 0.05) is 5.56 Å². The van der Waals surface area contributed by atoms with Crippen LogP contribution in [0.2, 0.25) is 0 Å². The first kappa shape index (κ1) is 12.0. The molecule has 0 saturated heterocycles. The minimum atomic E-state index is -1.35. The van der Waals surface area contributed by atoms with Crippen molar-refractivity contribution in [1.29, 1.82) is 0 Å². The summed E-state index contributed by atoms with van der Waals surface area (Å²) in [5.74, 6) is -1.46. The van der Waals surface area contributed by atoms with Gasteiger partial charge in [-0.05, 0) is 17.7 Å². The van der Waals surface area contributed by atoms with E-state index in [0.29, 0.717) is 11.3 Å². The van der Waals surface area contributed by atoms with Crippen LogP contribution in [0, 0.1) is 0 Å². The number of methoxy groups -OCH3 is 2. The van der Waals surface area contributed by atoms with Crippen LogP contribution in [0.25, 0.3) is 0 Å². The smallest absolute Gasteiger partial charge is 0.310 e. The average Bonchev–Trinajstić information content (AvgIpc) is 2.29. The van der Waals surface area contributed by atoms with Crippen LogP contribution in [-0.2, 0) is 16.0 Å². The maximum absolute atomic E-state index is 11.0. The maximum atomic E-state index is 11.0. The lowest BCUT2D eigenvalue weighted by Gasteiger charge is -2.11. The van der Waals surface area contributed by atoms with Crippen molar-refractivity contribution < 1.29 is 24.2 Å². The van der Waals surface area contributed by atoms with Gasteiger partial charge < -0.3 is 19.4 Å². The first-order chi connectivity index (χ1) is 7.58. The molecule has 0 heterocycles. The number of carboxylic acid groups (broad SMARTS) is 1. The molecule has 0 atom stereocenters. The van der Waals surface area contributed by atoms with Gasteiger partial charge in [-0.2, -0.15) is 0 Å². The summed E-state index contributed by atoms with van der Waals surface area (Å²) >= 11 is 0. The van der Waals surface area contributed by atoms with Crippen molar-refractivity contribution >= 4 is 11.9 Å². The molecule has 0 N–H and O–H groups in total. The van der Waals surface area contributed by atoms with Crippen LogP contribution in [-0.4, -0.2) is 26.2 Å². The standard InChI is InChI=1S/C11H12O5/c1-15-8-4-3-7(5-10(12)16-2)9(6-8)11(13)14/h3-4,6H,5H2,1-2H3,(H,13,14)/p-1. The third-order valence-corrected chi connectivity index (χ3v) is 2.10. The zero-order valence-electron chi connectivity index (χ0n) is 8.98. The molecule has 0 radical (unpaired) electrons. The molecule has 5 nitrogen and oxygen atoms in total. The van der Waals surface area contributed by atoms with E-state index in [2.05, 4.69) is 4.74 Å². The zero-order valence-corrected chi connectivity index (χ0v) is 8.98. The SMILES string of the molecule is COC(=O)Cc1ccc(OC)cc1C(=O)[O-]. The number of hydrogen-bond acceptors (Lipinski definition) is 5. The molecule has 0 saturated carbocycles. The lowest BCUT2D eigenvalue weighted by Crippen LogP contribution is -2.24. The van der Waals surface area contributed by atoms with E-state index in [1.54, 1.807) is 6.07 Å². The Morgan fingerprint density at radius 2 is 2.00 bits per heavy atom. The van der Waals surface area contributed by atoms with Crippen LogP contribution < -0.4 is 9.84 Å². The van der Waals surface area contributed by atoms with Crippen molar-refractivity contribution in [2.24, 2.45) is 0 Å². The molecule has 0 bridgehead atoms. The van der Waals surface area contributed by atoms with Crippen LogP contribution in [0.15, 0.2) is 18.2 Å². The van der Waals surface area contributed by atoms with E-state index in [1.807, 2.05) is 0 Å². The number of rotatable bonds is 4. The summed E-state index contributed by atoms with van der Waals surface area (Å²) in [6, 6.07) is 4.39. The fourth-order valence-electron chi connectivity index (χ4n) is 1.25. The molecule has 0 aliphatic heterocycles. The highest BCUT2D eigenvalue weighted by molar-refractivity contribution is 5.90. The lowest BCUT2D eigenvalue weighted by atomic mass is 10.0. The van der Waals surface area contributed by atoms with Crippen LogP contribution in [0.4, 0.5) is 0 Å². The van der Waals surface area contributed by atoms with Gasteiger partial charge in [0.1, 0.15) is 5.75 Å². The van der Waals surface area contributed by atoms with E-state index in [4.69, 9.17) is 4.74 Å². The molecule has 0 spiro atoms. The van der Waals surface area contributed by atoms with E-state index in [1.165, 1.54) is 26.4 Å². The Bertz CT molecular complexity index is 411. The second-order valence-corrected chi connectivity index (χ2v) is 3.06. The molecule has 0 aliphatic carbocycles. The minimum absolute atomic E-state index is 0.0650. The highest BCUT2D eigenvalue weighted by Gasteiger charge is 2.10. The molecule has 1 rings (SSSR count). The third-order valence-electron chi connectivity index (χ3n) is 2.10. The van der Waals surface area contributed by atoms with Crippen molar-refractivity contribution in [3.8, 4) is 5.75 Å². The Balaban J connectivity index is 3.08. The average molecular weight is 223 g/mol. The number of benzene rings is 1. The predicted molar refractivity (Wildman–Crippen MR) is 53.0 cm³/mol. The first-order valence-corrected chi connectivity index (χ1v) is 4.53. The lowest BCUT2D eigenvalue weighted by molar-refractivity contribution is -0.255.